The zero-order valence-corrected chi connectivity index (χ0v) is 18.0. The Morgan fingerprint density at radius 1 is 1.21 bits per heavy atom. The lowest BCUT2D eigenvalue weighted by atomic mass is 10.1. The summed E-state index contributed by atoms with van der Waals surface area (Å²) in [6.07, 6.45) is 2.52. The second kappa shape index (κ2) is 10.8. The van der Waals surface area contributed by atoms with Crippen molar-refractivity contribution in [3.8, 4) is 11.5 Å². The normalized spacial score (nSPS) is 16.9. The van der Waals surface area contributed by atoms with Gasteiger partial charge in [0.25, 0.3) is 0 Å². The highest BCUT2D eigenvalue weighted by atomic mass is 35.5. The van der Waals surface area contributed by atoms with Gasteiger partial charge in [-0.1, -0.05) is 36.7 Å². The van der Waals surface area contributed by atoms with Crippen molar-refractivity contribution in [3.05, 3.63) is 58.4 Å². The van der Waals surface area contributed by atoms with E-state index in [1.165, 1.54) is 25.5 Å². The Balaban J connectivity index is 1.65. The quantitative estimate of drug-likeness (QED) is 0.584. The van der Waals surface area contributed by atoms with E-state index in [-0.39, 0.29) is 12.4 Å². The molecule has 1 fully saturated rings. The summed E-state index contributed by atoms with van der Waals surface area (Å²) in [5.74, 6) is 0.744. The molecular weight excluding hydrogens is 391 g/mol. The van der Waals surface area contributed by atoms with Gasteiger partial charge < -0.3 is 14.8 Å². The number of hydrogen-bond acceptors (Lipinski definition) is 4. The standard InChI is InChI=1S/C23H30ClFN2O2/c1-3-27-11-7-9-19(27)15-26-14-17-12-20(24)23(22(13-17)28-4-2)29-16-18-8-5-6-10-21(18)25/h5-6,8,10,12-13,19,26H,3-4,7,9,11,14-16H2,1-2H3/t19-/m0/s1. The number of hydrogen-bond donors (Lipinski definition) is 1. The molecule has 1 saturated heterocycles. The van der Waals surface area contributed by atoms with Crippen LogP contribution < -0.4 is 14.8 Å². The molecule has 0 unspecified atom stereocenters. The molecular formula is C23H30ClFN2O2. The van der Waals surface area contributed by atoms with Crippen molar-refractivity contribution < 1.29 is 13.9 Å². The van der Waals surface area contributed by atoms with Crippen LogP contribution in [-0.4, -0.2) is 37.2 Å². The summed E-state index contributed by atoms with van der Waals surface area (Å²) in [6, 6.07) is 11.0. The number of nitrogens with one attached hydrogen (secondary N) is 1. The number of halogens is 2. The zero-order chi connectivity index (χ0) is 20.6. The van der Waals surface area contributed by atoms with Gasteiger partial charge in [0.1, 0.15) is 12.4 Å². The van der Waals surface area contributed by atoms with Crippen molar-refractivity contribution in [2.45, 2.75) is 45.9 Å². The Kier molecular flexibility index (Phi) is 8.16. The van der Waals surface area contributed by atoms with E-state index in [4.69, 9.17) is 21.1 Å². The van der Waals surface area contributed by atoms with Gasteiger partial charge in [-0.25, -0.2) is 4.39 Å². The van der Waals surface area contributed by atoms with Crippen LogP contribution in [0.15, 0.2) is 36.4 Å². The first-order chi connectivity index (χ1) is 14.1. The zero-order valence-electron chi connectivity index (χ0n) is 17.2. The smallest absolute Gasteiger partial charge is 0.180 e. The molecule has 0 amide bonds. The summed E-state index contributed by atoms with van der Waals surface area (Å²) in [6.45, 7) is 8.68. The second-order valence-corrected chi connectivity index (χ2v) is 7.68. The van der Waals surface area contributed by atoms with E-state index in [9.17, 15) is 4.39 Å². The molecule has 1 atom stereocenters. The molecule has 0 saturated carbocycles. The lowest BCUT2D eigenvalue weighted by Crippen LogP contribution is -2.37. The van der Waals surface area contributed by atoms with Crippen molar-refractivity contribution in [2.24, 2.45) is 0 Å². The summed E-state index contributed by atoms with van der Waals surface area (Å²) in [5, 5.41) is 4.02. The van der Waals surface area contributed by atoms with Crippen LogP contribution in [0.4, 0.5) is 4.39 Å². The van der Waals surface area contributed by atoms with Gasteiger partial charge in [0.15, 0.2) is 11.5 Å². The van der Waals surface area contributed by atoms with Crippen LogP contribution in [0.5, 0.6) is 11.5 Å². The maximum Gasteiger partial charge on any atom is 0.180 e. The lowest BCUT2D eigenvalue weighted by molar-refractivity contribution is 0.259. The van der Waals surface area contributed by atoms with E-state index >= 15 is 0 Å². The molecule has 3 rings (SSSR count). The Labute approximate surface area is 178 Å². The molecule has 0 bridgehead atoms. The average molecular weight is 421 g/mol. The van der Waals surface area contributed by atoms with E-state index in [1.807, 2.05) is 19.1 Å². The average Bonchev–Trinajstić information content (AvgIpc) is 3.16. The van der Waals surface area contributed by atoms with E-state index in [1.54, 1.807) is 18.2 Å². The summed E-state index contributed by atoms with van der Waals surface area (Å²) < 4.78 is 25.5. The highest BCUT2D eigenvalue weighted by Gasteiger charge is 2.22. The van der Waals surface area contributed by atoms with Crippen LogP contribution in [0.3, 0.4) is 0 Å². The fourth-order valence-corrected chi connectivity index (χ4v) is 4.11. The molecule has 1 heterocycles. The van der Waals surface area contributed by atoms with Gasteiger partial charge in [-0.2, -0.15) is 0 Å². The number of benzene rings is 2. The maximum atomic E-state index is 13.9. The largest absolute Gasteiger partial charge is 0.490 e. The van der Waals surface area contributed by atoms with Crippen LogP contribution in [0.1, 0.15) is 37.8 Å². The minimum Gasteiger partial charge on any atom is -0.490 e. The summed E-state index contributed by atoms with van der Waals surface area (Å²) in [4.78, 5) is 2.52. The van der Waals surface area contributed by atoms with Crippen LogP contribution in [0.2, 0.25) is 5.02 Å². The van der Waals surface area contributed by atoms with Crippen molar-refractivity contribution in [3.63, 3.8) is 0 Å². The summed E-state index contributed by atoms with van der Waals surface area (Å²) in [5.41, 5.74) is 1.52. The second-order valence-electron chi connectivity index (χ2n) is 7.27. The molecule has 2 aromatic rings. The molecule has 0 aliphatic carbocycles. The van der Waals surface area contributed by atoms with Gasteiger partial charge in [0.2, 0.25) is 0 Å². The molecule has 0 radical (unpaired) electrons. The molecule has 1 N–H and O–H groups in total. The van der Waals surface area contributed by atoms with Crippen molar-refractivity contribution in [2.75, 3.05) is 26.2 Å². The van der Waals surface area contributed by atoms with Gasteiger partial charge in [-0.3, -0.25) is 4.90 Å². The molecule has 1 aliphatic heterocycles. The molecule has 4 nitrogen and oxygen atoms in total. The molecule has 158 valence electrons. The van der Waals surface area contributed by atoms with Crippen molar-refractivity contribution in [1.82, 2.24) is 10.2 Å². The fourth-order valence-electron chi connectivity index (χ4n) is 3.82. The predicted octanol–water partition coefficient (Wildman–Crippen LogP) is 5.03. The van der Waals surface area contributed by atoms with Crippen LogP contribution in [0.25, 0.3) is 0 Å². The SMILES string of the molecule is CCOc1cc(CNC[C@@H]2CCCN2CC)cc(Cl)c1OCc1ccccc1F. The van der Waals surface area contributed by atoms with E-state index in [2.05, 4.69) is 17.1 Å². The third kappa shape index (κ3) is 5.84. The molecule has 6 heteroatoms. The van der Waals surface area contributed by atoms with Gasteiger partial charge >= 0.3 is 0 Å². The van der Waals surface area contributed by atoms with Crippen molar-refractivity contribution >= 4 is 11.6 Å². The first kappa shape index (κ1) is 21.9. The highest BCUT2D eigenvalue weighted by molar-refractivity contribution is 6.32. The van der Waals surface area contributed by atoms with Gasteiger partial charge in [0.05, 0.1) is 11.6 Å². The molecule has 29 heavy (non-hydrogen) atoms. The Morgan fingerprint density at radius 3 is 2.79 bits per heavy atom. The monoisotopic (exact) mass is 420 g/mol. The highest BCUT2D eigenvalue weighted by Crippen LogP contribution is 2.37. The topological polar surface area (TPSA) is 33.7 Å². The van der Waals surface area contributed by atoms with Crippen LogP contribution in [0, 0.1) is 5.82 Å². The summed E-state index contributed by atoms with van der Waals surface area (Å²) >= 11 is 6.49. The van der Waals surface area contributed by atoms with E-state index < -0.39 is 0 Å². The van der Waals surface area contributed by atoms with E-state index in [0.29, 0.717) is 41.3 Å². The number of likely N-dealkylation sites (N-methyl/N-ethyl adjacent to an activating group) is 1. The molecule has 2 aromatic carbocycles. The first-order valence-corrected chi connectivity index (χ1v) is 10.8. The minimum atomic E-state index is -0.296. The molecule has 1 aliphatic rings. The number of ether oxygens (including phenoxy) is 2. The number of likely N-dealkylation sites (tertiary alicyclic amines) is 1. The summed E-state index contributed by atoms with van der Waals surface area (Å²) in [7, 11) is 0. The van der Waals surface area contributed by atoms with E-state index in [0.717, 1.165) is 18.7 Å². The Hall–Kier alpha value is -1.82. The maximum absolute atomic E-state index is 13.9. The van der Waals surface area contributed by atoms with Gasteiger partial charge in [-0.15, -0.1) is 0 Å². The molecule has 0 aromatic heterocycles. The Morgan fingerprint density at radius 2 is 2.03 bits per heavy atom. The lowest BCUT2D eigenvalue weighted by Gasteiger charge is -2.23. The van der Waals surface area contributed by atoms with Gasteiger partial charge in [-0.05, 0) is 56.6 Å². The van der Waals surface area contributed by atoms with Crippen molar-refractivity contribution in [1.29, 1.82) is 0 Å². The van der Waals surface area contributed by atoms with Crippen LogP contribution in [-0.2, 0) is 13.2 Å². The van der Waals surface area contributed by atoms with Gasteiger partial charge in [0, 0.05) is 24.7 Å². The number of nitrogens with zero attached hydrogens (tertiary/aromatic N) is 1. The third-order valence-corrected chi connectivity index (χ3v) is 5.59. The minimum absolute atomic E-state index is 0.0958. The first-order valence-electron chi connectivity index (χ1n) is 10.4. The molecule has 0 spiro atoms. The Bertz CT molecular complexity index is 802. The predicted molar refractivity (Wildman–Crippen MR) is 115 cm³/mol. The number of rotatable bonds is 10. The van der Waals surface area contributed by atoms with Crippen LogP contribution >= 0.6 is 11.6 Å². The fraction of sp³-hybridized carbons (Fsp3) is 0.478. The third-order valence-electron chi connectivity index (χ3n) is 5.31.